The highest BCUT2D eigenvalue weighted by Crippen LogP contribution is 2.21. The number of aryl methyl sites for hydroxylation is 1. The Morgan fingerprint density at radius 3 is 2.62 bits per heavy atom. The molecule has 4 rings (SSSR count). The van der Waals surface area contributed by atoms with Crippen LogP contribution >= 0.6 is 11.6 Å². The molecule has 3 aromatic rings. The number of fused-ring (bicyclic) bond motifs is 1. The van der Waals surface area contributed by atoms with Crippen molar-refractivity contribution in [3.05, 3.63) is 63.9 Å². The van der Waals surface area contributed by atoms with Crippen molar-refractivity contribution in [2.75, 3.05) is 31.1 Å². The smallest absolute Gasteiger partial charge is 0.277 e. The molecular formula is C21H22ClN5O2. The lowest BCUT2D eigenvalue weighted by atomic mass is 10.2. The minimum Gasteiger partial charge on any atom is -0.368 e. The molecule has 0 N–H and O–H groups in total. The Morgan fingerprint density at radius 2 is 1.83 bits per heavy atom. The lowest BCUT2D eigenvalue weighted by molar-refractivity contribution is -0.131. The van der Waals surface area contributed by atoms with Crippen LogP contribution in [0.5, 0.6) is 0 Å². The fraction of sp³-hybridized carbons (Fsp3) is 0.333. The summed E-state index contributed by atoms with van der Waals surface area (Å²) in [5.41, 5.74) is 1.50. The number of aromatic nitrogens is 3. The summed E-state index contributed by atoms with van der Waals surface area (Å²) in [4.78, 5) is 29.1. The quantitative estimate of drug-likeness (QED) is 0.645. The Kier molecular flexibility index (Phi) is 5.76. The van der Waals surface area contributed by atoms with E-state index in [1.54, 1.807) is 12.1 Å². The molecule has 1 aromatic heterocycles. The van der Waals surface area contributed by atoms with Gasteiger partial charge in [0.2, 0.25) is 5.91 Å². The van der Waals surface area contributed by atoms with Crippen LogP contribution in [0.15, 0.2) is 53.3 Å². The molecule has 0 saturated carbocycles. The molecule has 8 heteroatoms. The Bertz CT molecular complexity index is 1080. The van der Waals surface area contributed by atoms with Crippen LogP contribution in [0.3, 0.4) is 0 Å². The summed E-state index contributed by atoms with van der Waals surface area (Å²) in [6.45, 7) is 3.30. The predicted molar refractivity (Wildman–Crippen MR) is 113 cm³/mol. The molecule has 29 heavy (non-hydrogen) atoms. The molecule has 0 radical (unpaired) electrons. The van der Waals surface area contributed by atoms with Gasteiger partial charge in [0.15, 0.2) is 0 Å². The lowest BCUT2D eigenvalue weighted by Crippen LogP contribution is -2.48. The Balaban J connectivity index is 1.29. The number of carbonyl (C=O) groups excluding carboxylic acids is 1. The van der Waals surface area contributed by atoms with Gasteiger partial charge in [-0.25, -0.2) is 4.68 Å². The van der Waals surface area contributed by atoms with Crippen molar-refractivity contribution in [2.24, 2.45) is 0 Å². The van der Waals surface area contributed by atoms with Crippen molar-refractivity contribution in [1.82, 2.24) is 19.9 Å². The molecular weight excluding hydrogens is 390 g/mol. The number of nitrogens with zero attached hydrogens (tertiary/aromatic N) is 5. The van der Waals surface area contributed by atoms with Gasteiger partial charge in [0.1, 0.15) is 5.52 Å². The third-order valence-electron chi connectivity index (χ3n) is 5.20. The van der Waals surface area contributed by atoms with E-state index in [2.05, 4.69) is 15.2 Å². The van der Waals surface area contributed by atoms with Crippen molar-refractivity contribution in [1.29, 1.82) is 0 Å². The maximum Gasteiger partial charge on any atom is 0.277 e. The van der Waals surface area contributed by atoms with Gasteiger partial charge in [0.25, 0.3) is 5.56 Å². The summed E-state index contributed by atoms with van der Waals surface area (Å²) in [5, 5.41) is 9.32. The monoisotopic (exact) mass is 411 g/mol. The van der Waals surface area contributed by atoms with Gasteiger partial charge in [0, 0.05) is 49.9 Å². The van der Waals surface area contributed by atoms with Crippen LogP contribution in [0.4, 0.5) is 5.69 Å². The number of hydrogen-bond acceptors (Lipinski definition) is 5. The van der Waals surface area contributed by atoms with Crippen molar-refractivity contribution >= 4 is 34.1 Å². The van der Waals surface area contributed by atoms with E-state index in [1.165, 1.54) is 4.68 Å². The van der Waals surface area contributed by atoms with Gasteiger partial charge in [0.05, 0.1) is 5.39 Å². The van der Waals surface area contributed by atoms with Gasteiger partial charge in [-0.05, 0) is 36.8 Å². The topological polar surface area (TPSA) is 71.3 Å². The third-order valence-corrected chi connectivity index (χ3v) is 5.43. The van der Waals surface area contributed by atoms with E-state index in [9.17, 15) is 9.59 Å². The summed E-state index contributed by atoms with van der Waals surface area (Å²) in [6.07, 6.45) is 0.943. The molecule has 0 spiro atoms. The number of amides is 1. The molecule has 0 unspecified atom stereocenters. The molecule has 1 saturated heterocycles. The average molecular weight is 412 g/mol. The summed E-state index contributed by atoms with van der Waals surface area (Å²) in [6, 6.07) is 14.9. The molecule has 7 nitrogen and oxygen atoms in total. The predicted octanol–water partition coefficient (Wildman–Crippen LogP) is 2.57. The van der Waals surface area contributed by atoms with Crippen LogP contribution in [0.2, 0.25) is 5.02 Å². The lowest BCUT2D eigenvalue weighted by Gasteiger charge is -2.36. The van der Waals surface area contributed by atoms with Crippen LogP contribution in [0.1, 0.15) is 12.8 Å². The summed E-state index contributed by atoms with van der Waals surface area (Å²) in [7, 11) is 0. The zero-order chi connectivity index (χ0) is 20.2. The van der Waals surface area contributed by atoms with Crippen LogP contribution in [-0.2, 0) is 11.3 Å². The molecule has 1 fully saturated rings. The first kappa shape index (κ1) is 19.4. The third kappa shape index (κ3) is 4.40. The zero-order valence-corrected chi connectivity index (χ0v) is 16.8. The summed E-state index contributed by atoms with van der Waals surface area (Å²) < 4.78 is 1.34. The van der Waals surface area contributed by atoms with E-state index in [0.717, 1.165) is 18.8 Å². The second-order valence-electron chi connectivity index (χ2n) is 7.09. The molecule has 1 aliphatic rings. The minimum atomic E-state index is -0.168. The average Bonchev–Trinajstić information content (AvgIpc) is 2.75. The summed E-state index contributed by atoms with van der Waals surface area (Å²) >= 11 is 6.07. The molecule has 2 heterocycles. The van der Waals surface area contributed by atoms with Crippen molar-refractivity contribution in [3.63, 3.8) is 0 Å². The van der Waals surface area contributed by atoms with Crippen LogP contribution in [0, 0.1) is 0 Å². The van der Waals surface area contributed by atoms with E-state index < -0.39 is 0 Å². The molecule has 1 amide bonds. The van der Waals surface area contributed by atoms with Gasteiger partial charge >= 0.3 is 0 Å². The molecule has 1 aliphatic heterocycles. The fourth-order valence-corrected chi connectivity index (χ4v) is 3.78. The Hall–Kier alpha value is -2.93. The molecule has 2 aromatic carbocycles. The number of carbonyl (C=O) groups is 1. The van der Waals surface area contributed by atoms with Crippen LogP contribution in [-0.4, -0.2) is 52.0 Å². The Morgan fingerprint density at radius 1 is 1.03 bits per heavy atom. The Labute approximate surface area is 173 Å². The highest BCUT2D eigenvalue weighted by molar-refractivity contribution is 6.30. The highest BCUT2D eigenvalue weighted by atomic mass is 35.5. The van der Waals surface area contributed by atoms with Crippen molar-refractivity contribution in [3.8, 4) is 0 Å². The second kappa shape index (κ2) is 8.61. The number of piperazine rings is 1. The fourth-order valence-electron chi connectivity index (χ4n) is 3.59. The van der Waals surface area contributed by atoms with Crippen molar-refractivity contribution < 1.29 is 4.79 Å². The standard InChI is InChI=1S/C21H22ClN5O2/c22-16-5-3-6-17(15-16)25-11-13-26(14-12-25)20(28)9-4-10-27-21(29)18-7-1-2-8-19(18)23-24-27/h1-3,5-8,15H,4,9-14H2. The van der Waals surface area contributed by atoms with Gasteiger partial charge in [-0.3, -0.25) is 9.59 Å². The van der Waals surface area contributed by atoms with E-state index in [1.807, 2.05) is 41.3 Å². The normalized spacial score (nSPS) is 14.4. The molecule has 150 valence electrons. The number of rotatable bonds is 5. The maximum absolute atomic E-state index is 12.5. The number of benzene rings is 2. The SMILES string of the molecule is O=C(CCCn1nnc2ccccc2c1=O)N1CCN(c2cccc(Cl)c2)CC1. The molecule has 0 bridgehead atoms. The first-order valence-corrected chi connectivity index (χ1v) is 10.1. The highest BCUT2D eigenvalue weighted by Gasteiger charge is 2.21. The van der Waals surface area contributed by atoms with Gasteiger partial charge in [-0.1, -0.05) is 35.0 Å². The van der Waals surface area contributed by atoms with E-state index in [4.69, 9.17) is 11.6 Å². The summed E-state index contributed by atoms with van der Waals surface area (Å²) in [5.74, 6) is 0.109. The molecule has 0 atom stereocenters. The van der Waals surface area contributed by atoms with E-state index >= 15 is 0 Å². The maximum atomic E-state index is 12.5. The number of halogens is 1. The zero-order valence-electron chi connectivity index (χ0n) is 16.0. The second-order valence-corrected chi connectivity index (χ2v) is 7.52. The number of hydrogen-bond donors (Lipinski definition) is 0. The minimum absolute atomic E-state index is 0.109. The largest absolute Gasteiger partial charge is 0.368 e. The first-order valence-electron chi connectivity index (χ1n) is 9.73. The van der Waals surface area contributed by atoms with Crippen LogP contribution in [0.25, 0.3) is 10.9 Å². The van der Waals surface area contributed by atoms with E-state index in [0.29, 0.717) is 48.4 Å². The van der Waals surface area contributed by atoms with Gasteiger partial charge in [-0.2, -0.15) is 0 Å². The van der Waals surface area contributed by atoms with Crippen molar-refractivity contribution in [2.45, 2.75) is 19.4 Å². The van der Waals surface area contributed by atoms with Crippen LogP contribution < -0.4 is 10.5 Å². The molecule has 0 aliphatic carbocycles. The van der Waals surface area contributed by atoms with E-state index in [-0.39, 0.29) is 11.5 Å². The van der Waals surface area contributed by atoms with Gasteiger partial charge < -0.3 is 9.80 Å². The first-order chi connectivity index (χ1) is 14.1. The van der Waals surface area contributed by atoms with Gasteiger partial charge in [-0.15, -0.1) is 5.10 Å². The number of anilines is 1.